The molecule has 0 spiro atoms. The van der Waals surface area contributed by atoms with Gasteiger partial charge >= 0.3 is 0 Å². The van der Waals surface area contributed by atoms with Crippen LogP contribution in [-0.4, -0.2) is 17.2 Å². The maximum absolute atomic E-state index is 11.7. The predicted molar refractivity (Wildman–Crippen MR) is 79.4 cm³/mol. The van der Waals surface area contributed by atoms with Gasteiger partial charge in [-0.15, -0.1) is 0 Å². The van der Waals surface area contributed by atoms with Crippen molar-refractivity contribution in [2.24, 2.45) is 5.10 Å². The first-order valence-corrected chi connectivity index (χ1v) is 6.33. The SMILES string of the molecule is Cc1cc(O)c(/C=N/NC(=O)c2ccccc2)cc1Cl. The topological polar surface area (TPSA) is 61.7 Å². The Labute approximate surface area is 121 Å². The van der Waals surface area contributed by atoms with E-state index >= 15 is 0 Å². The molecule has 2 N–H and O–H groups in total. The number of halogens is 1. The lowest BCUT2D eigenvalue weighted by Crippen LogP contribution is -2.17. The maximum atomic E-state index is 11.7. The molecule has 0 radical (unpaired) electrons. The number of aromatic hydroxyl groups is 1. The Hall–Kier alpha value is -2.33. The van der Waals surface area contributed by atoms with E-state index in [1.807, 2.05) is 6.07 Å². The van der Waals surface area contributed by atoms with E-state index in [1.165, 1.54) is 6.21 Å². The summed E-state index contributed by atoms with van der Waals surface area (Å²) in [6.45, 7) is 1.79. The molecule has 0 heterocycles. The summed E-state index contributed by atoms with van der Waals surface area (Å²) in [6, 6.07) is 11.9. The van der Waals surface area contributed by atoms with Gasteiger partial charge in [-0.1, -0.05) is 29.8 Å². The lowest BCUT2D eigenvalue weighted by atomic mass is 10.1. The number of hydrogen-bond acceptors (Lipinski definition) is 3. The van der Waals surface area contributed by atoms with Gasteiger partial charge in [-0.25, -0.2) is 5.43 Å². The first-order chi connectivity index (χ1) is 9.58. The molecule has 0 aliphatic heterocycles. The zero-order chi connectivity index (χ0) is 14.5. The van der Waals surface area contributed by atoms with Gasteiger partial charge in [0, 0.05) is 16.1 Å². The van der Waals surface area contributed by atoms with Crippen LogP contribution in [-0.2, 0) is 0 Å². The third-order valence-corrected chi connectivity index (χ3v) is 3.12. The number of carbonyl (C=O) groups excluding carboxylic acids is 1. The van der Waals surface area contributed by atoms with Crippen molar-refractivity contribution in [1.82, 2.24) is 5.43 Å². The number of phenols is 1. The number of hydrogen-bond donors (Lipinski definition) is 2. The molecule has 4 nitrogen and oxygen atoms in total. The van der Waals surface area contributed by atoms with E-state index in [9.17, 15) is 9.90 Å². The van der Waals surface area contributed by atoms with Crippen molar-refractivity contribution >= 4 is 23.7 Å². The van der Waals surface area contributed by atoms with Crippen molar-refractivity contribution in [3.05, 3.63) is 64.2 Å². The Morgan fingerprint density at radius 2 is 2.00 bits per heavy atom. The van der Waals surface area contributed by atoms with Gasteiger partial charge in [-0.3, -0.25) is 4.79 Å². The van der Waals surface area contributed by atoms with Gasteiger partial charge in [-0.05, 0) is 36.8 Å². The van der Waals surface area contributed by atoms with Crippen LogP contribution >= 0.6 is 11.6 Å². The third-order valence-electron chi connectivity index (χ3n) is 2.71. The lowest BCUT2D eigenvalue weighted by molar-refractivity contribution is 0.0955. The fourth-order valence-electron chi connectivity index (χ4n) is 1.60. The van der Waals surface area contributed by atoms with E-state index in [-0.39, 0.29) is 11.7 Å². The molecule has 20 heavy (non-hydrogen) atoms. The molecule has 102 valence electrons. The van der Waals surface area contributed by atoms with Crippen LogP contribution in [0.15, 0.2) is 47.6 Å². The van der Waals surface area contributed by atoms with Crippen molar-refractivity contribution in [2.75, 3.05) is 0 Å². The molecule has 0 aliphatic rings. The third kappa shape index (κ3) is 3.36. The summed E-state index contributed by atoms with van der Waals surface area (Å²) < 4.78 is 0. The van der Waals surface area contributed by atoms with Crippen LogP contribution in [0.4, 0.5) is 0 Å². The molecule has 2 rings (SSSR count). The summed E-state index contributed by atoms with van der Waals surface area (Å²) in [4.78, 5) is 11.7. The summed E-state index contributed by atoms with van der Waals surface area (Å²) in [6.07, 6.45) is 1.35. The summed E-state index contributed by atoms with van der Waals surface area (Å²) in [5.74, 6) is -0.260. The largest absolute Gasteiger partial charge is 0.507 e. The monoisotopic (exact) mass is 288 g/mol. The van der Waals surface area contributed by atoms with Crippen molar-refractivity contribution < 1.29 is 9.90 Å². The van der Waals surface area contributed by atoms with Crippen LogP contribution < -0.4 is 5.43 Å². The van der Waals surface area contributed by atoms with E-state index in [4.69, 9.17) is 11.6 Å². The number of aryl methyl sites for hydroxylation is 1. The fraction of sp³-hybridized carbons (Fsp3) is 0.0667. The number of amides is 1. The molecular formula is C15H13ClN2O2. The summed E-state index contributed by atoms with van der Waals surface area (Å²) >= 11 is 5.96. The highest BCUT2D eigenvalue weighted by molar-refractivity contribution is 6.31. The molecule has 0 bridgehead atoms. The molecule has 2 aromatic rings. The van der Waals surface area contributed by atoms with E-state index in [1.54, 1.807) is 43.3 Å². The van der Waals surface area contributed by atoms with Gasteiger partial charge in [0.15, 0.2) is 0 Å². The minimum Gasteiger partial charge on any atom is -0.507 e. The highest BCUT2D eigenvalue weighted by Gasteiger charge is 2.04. The maximum Gasteiger partial charge on any atom is 0.271 e. The number of hydrazone groups is 1. The Bertz CT molecular complexity index is 654. The molecule has 0 unspecified atom stereocenters. The highest BCUT2D eigenvalue weighted by atomic mass is 35.5. The number of nitrogens with one attached hydrogen (secondary N) is 1. The average molecular weight is 289 g/mol. The quantitative estimate of drug-likeness (QED) is 0.673. The second-order valence-corrected chi connectivity index (χ2v) is 4.63. The predicted octanol–water partition coefficient (Wildman–Crippen LogP) is 3.12. The highest BCUT2D eigenvalue weighted by Crippen LogP contribution is 2.24. The van der Waals surface area contributed by atoms with Gasteiger partial charge in [-0.2, -0.15) is 5.10 Å². The smallest absolute Gasteiger partial charge is 0.271 e. The van der Waals surface area contributed by atoms with Gasteiger partial charge < -0.3 is 5.11 Å². The Morgan fingerprint density at radius 3 is 2.70 bits per heavy atom. The van der Waals surface area contributed by atoms with Crippen LogP contribution in [0, 0.1) is 6.92 Å². The number of benzene rings is 2. The fourth-order valence-corrected chi connectivity index (χ4v) is 1.77. The molecule has 0 saturated carbocycles. The number of phenolic OH excluding ortho intramolecular Hbond substituents is 1. The van der Waals surface area contributed by atoms with Crippen molar-refractivity contribution in [3.63, 3.8) is 0 Å². The molecule has 5 heteroatoms. The second kappa shape index (κ2) is 6.21. The molecule has 0 saturated heterocycles. The minimum absolute atomic E-state index is 0.0598. The van der Waals surface area contributed by atoms with Gasteiger partial charge in [0.05, 0.1) is 6.21 Å². The first kappa shape index (κ1) is 14.1. The second-order valence-electron chi connectivity index (χ2n) is 4.23. The van der Waals surface area contributed by atoms with Crippen molar-refractivity contribution in [2.45, 2.75) is 6.92 Å². The van der Waals surface area contributed by atoms with Crippen LogP contribution in [0.5, 0.6) is 5.75 Å². The zero-order valence-corrected chi connectivity index (χ0v) is 11.6. The molecule has 0 fully saturated rings. The molecule has 0 aromatic heterocycles. The van der Waals surface area contributed by atoms with Gasteiger partial charge in [0.25, 0.3) is 5.91 Å². The lowest BCUT2D eigenvalue weighted by Gasteiger charge is -2.03. The standard InChI is InChI=1S/C15H13ClN2O2/c1-10-7-14(19)12(8-13(10)16)9-17-18-15(20)11-5-3-2-4-6-11/h2-9,19H,1H3,(H,18,20)/b17-9+. The van der Waals surface area contributed by atoms with Crippen LogP contribution in [0.2, 0.25) is 5.02 Å². The zero-order valence-electron chi connectivity index (χ0n) is 10.8. The average Bonchev–Trinajstić information content (AvgIpc) is 2.45. The van der Waals surface area contributed by atoms with E-state index in [2.05, 4.69) is 10.5 Å². The van der Waals surface area contributed by atoms with Crippen LogP contribution in [0.1, 0.15) is 21.5 Å². The first-order valence-electron chi connectivity index (χ1n) is 5.95. The molecular weight excluding hydrogens is 276 g/mol. The molecule has 1 amide bonds. The van der Waals surface area contributed by atoms with Crippen molar-refractivity contribution in [3.8, 4) is 5.75 Å². The number of nitrogens with zero attached hydrogens (tertiary/aromatic N) is 1. The Morgan fingerprint density at radius 1 is 1.30 bits per heavy atom. The summed E-state index contributed by atoms with van der Waals surface area (Å²) in [7, 11) is 0. The Balaban J connectivity index is 2.08. The summed E-state index contributed by atoms with van der Waals surface area (Å²) in [5.41, 5.74) is 4.11. The van der Waals surface area contributed by atoms with E-state index in [0.717, 1.165) is 5.56 Å². The minimum atomic E-state index is -0.320. The van der Waals surface area contributed by atoms with Crippen molar-refractivity contribution in [1.29, 1.82) is 0 Å². The number of carbonyl (C=O) groups is 1. The van der Waals surface area contributed by atoms with Crippen LogP contribution in [0.25, 0.3) is 0 Å². The molecule has 2 aromatic carbocycles. The summed E-state index contributed by atoms with van der Waals surface area (Å²) in [5, 5.41) is 14.1. The normalized spacial score (nSPS) is 10.7. The molecule has 0 aliphatic carbocycles. The van der Waals surface area contributed by atoms with Gasteiger partial charge in [0.1, 0.15) is 5.75 Å². The van der Waals surface area contributed by atoms with E-state index in [0.29, 0.717) is 16.1 Å². The van der Waals surface area contributed by atoms with E-state index < -0.39 is 0 Å². The molecule has 0 atom stereocenters. The van der Waals surface area contributed by atoms with Gasteiger partial charge in [0.2, 0.25) is 0 Å². The Kier molecular flexibility index (Phi) is 4.38. The number of rotatable bonds is 3. The van der Waals surface area contributed by atoms with Crippen LogP contribution in [0.3, 0.4) is 0 Å².